The maximum atomic E-state index is 10.6. The third kappa shape index (κ3) is 3.23. The molecule has 0 saturated heterocycles. The van der Waals surface area contributed by atoms with E-state index in [1.54, 1.807) is 36.4 Å². The van der Waals surface area contributed by atoms with Crippen molar-refractivity contribution in [3.63, 3.8) is 0 Å². The minimum absolute atomic E-state index is 0.468. The molecule has 1 atom stereocenters. The maximum absolute atomic E-state index is 10.6. The lowest BCUT2D eigenvalue weighted by Gasteiger charge is -2.19. The van der Waals surface area contributed by atoms with Crippen LogP contribution in [0.4, 0.5) is 5.69 Å². The summed E-state index contributed by atoms with van der Waals surface area (Å²) < 4.78 is 10.9. The van der Waals surface area contributed by atoms with Gasteiger partial charge in [-0.25, -0.2) is 0 Å². The molecule has 0 aliphatic heterocycles. The number of benzene rings is 2. The summed E-state index contributed by atoms with van der Waals surface area (Å²) in [7, 11) is 1.54. The molecular weight excluding hydrogens is 290 g/mol. The van der Waals surface area contributed by atoms with Gasteiger partial charge in [-0.05, 0) is 31.2 Å². The Morgan fingerprint density at radius 2 is 2.00 bits per heavy atom. The van der Waals surface area contributed by atoms with E-state index in [0.29, 0.717) is 39.9 Å². The Hall–Kier alpha value is -1.91. The number of nitrogen functional groups attached to an aromatic ring is 1. The van der Waals surface area contributed by atoms with Crippen LogP contribution in [0, 0.1) is 0 Å². The number of aliphatic hydroxyl groups excluding tert-OH is 1. The first-order valence-electron chi connectivity index (χ1n) is 6.61. The minimum atomic E-state index is -0.945. The first-order valence-corrected chi connectivity index (χ1v) is 6.99. The average molecular weight is 308 g/mol. The van der Waals surface area contributed by atoms with Gasteiger partial charge in [-0.3, -0.25) is 0 Å². The zero-order valence-electron chi connectivity index (χ0n) is 12.0. The van der Waals surface area contributed by atoms with Crippen molar-refractivity contribution in [1.29, 1.82) is 0 Å². The second-order valence-electron chi connectivity index (χ2n) is 4.49. The van der Waals surface area contributed by atoms with Gasteiger partial charge in [0.2, 0.25) is 0 Å². The van der Waals surface area contributed by atoms with E-state index in [1.807, 2.05) is 6.92 Å². The van der Waals surface area contributed by atoms with Crippen LogP contribution in [-0.4, -0.2) is 18.8 Å². The highest BCUT2D eigenvalue weighted by Crippen LogP contribution is 2.39. The molecule has 0 aromatic heterocycles. The summed E-state index contributed by atoms with van der Waals surface area (Å²) in [5, 5.41) is 11.1. The van der Waals surface area contributed by atoms with Crippen LogP contribution in [0.3, 0.4) is 0 Å². The van der Waals surface area contributed by atoms with Gasteiger partial charge >= 0.3 is 0 Å². The summed E-state index contributed by atoms with van der Waals surface area (Å²) >= 11 is 5.98. The monoisotopic (exact) mass is 307 g/mol. The molecule has 0 spiro atoms. The maximum Gasteiger partial charge on any atom is 0.166 e. The number of halogens is 1. The SMILES string of the molecule is CCOc1cccc(C(O)c2cc(Cl)ccc2N)c1OC. The number of rotatable bonds is 5. The smallest absolute Gasteiger partial charge is 0.166 e. The molecule has 0 aliphatic carbocycles. The van der Waals surface area contributed by atoms with E-state index in [-0.39, 0.29) is 0 Å². The van der Waals surface area contributed by atoms with Gasteiger partial charge in [-0.2, -0.15) is 0 Å². The van der Waals surface area contributed by atoms with Gasteiger partial charge in [0.1, 0.15) is 6.10 Å². The number of anilines is 1. The fourth-order valence-corrected chi connectivity index (χ4v) is 2.37. The van der Waals surface area contributed by atoms with E-state index in [4.69, 9.17) is 26.8 Å². The topological polar surface area (TPSA) is 64.7 Å². The molecular formula is C16H18ClNO3. The van der Waals surface area contributed by atoms with Gasteiger partial charge in [0.25, 0.3) is 0 Å². The Balaban J connectivity index is 2.50. The molecule has 2 aromatic rings. The molecule has 112 valence electrons. The van der Waals surface area contributed by atoms with Crippen LogP contribution in [0.1, 0.15) is 24.2 Å². The van der Waals surface area contributed by atoms with Crippen LogP contribution in [0.5, 0.6) is 11.5 Å². The van der Waals surface area contributed by atoms with Crippen LogP contribution < -0.4 is 15.2 Å². The molecule has 0 saturated carbocycles. The average Bonchev–Trinajstić information content (AvgIpc) is 2.49. The number of ether oxygens (including phenoxy) is 2. The number of hydrogen-bond acceptors (Lipinski definition) is 4. The summed E-state index contributed by atoms with van der Waals surface area (Å²) in [6, 6.07) is 10.4. The molecule has 1 unspecified atom stereocenters. The molecule has 0 bridgehead atoms. The quantitative estimate of drug-likeness (QED) is 0.831. The molecule has 0 fully saturated rings. The Morgan fingerprint density at radius 3 is 2.67 bits per heavy atom. The van der Waals surface area contributed by atoms with Crippen LogP contribution in [0.25, 0.3) is 0 Å². The highest BCUT2D eigenvalue weighted by atomic mass is 35.5. The van der Waals surface area contributed by atoms with E-state index in [9.17, 15) is 5.11 Å². The van der Waals surface area contributed by atoms with Crippen molar-refractivity contribution in [3.8, 4) is 11.5 Å². The Labute approximate surface area is 129 Å². The largest absolute Gasteiger partial charge is 0.492 e. The van der Waals surface area contributed by atoms with E-state index in [2.05, 4.69) is 0 Å². The first-order chi connectivity index (χ1) is 10.1. The van der Waals surface area contributed by atoms with E-state index in [1.165, 1.54) is 7.11 Å². The lowest BCUT2D eigenvalue weighted by Crippen LogP contribution is -2.07. The van der Waals surface area contributed by atoms with Gasteiger partial charge in [-0.1, -0.05) is 23.7 Å². The van der Waals surface area contributed by atoms with Gasteiger partial charge < -0.3 is 20.3 Å². The number of methoxy groups -OCH3 is 1. The fourth-order valence-electron chi connectivity index (χ4n) is 2.19. The number of nitrogens with two attached hydrogens (primary N) is 1. The van der Waals surface area contributed by atoms with Crippen LogP contribution in [0.15, 0.2) is 36.4 Å². The van der Waals surface area contributed by atoms with E-state index < -0.39 is 6.10 Å². The normalized spacial score (nSPS) is 12.0. The summed E-state index contributed by atoms with van der Waals surface area (Å²) in [4.78, 5) is 0. The molecule has 5 heteroatoms. The van der Waals surface area contributed by atoms with E-state index in [0.717, 1.165) is 0 Å². The molecule has 0 amide bonds. The molecule has 0 heterocycles. The number of hydrogen-bond donors (Lipinski definition) is 2. The molecule has 21 heavy (non-hydrogen) atoms. The highest BCUT2D eigenvalue weighted by Gasteiger charge is 2.20. The van der Waals surface area contributed by atoms with Gasteiger partial charge in [-0.15, -0.1) is 0 Å². The van der Waals surface area contributed by atoms with Crippen LogP contribution in [0.2, 0.25) is 5.02 Å². The predicted octanol–water partition coefficient (Wildman–Crippen LogP) is 3.41. The first kappa shape index (κ1) is 15.5. The summed E-state index contributed by atoms with van der Waals surface area (Å²) in [5.74, 6) is 1.07. The lowest BCUT2D eigenvalue weighted by atomic mass is 9.99. The Morgan fingerprint density at radius 1 is 1.24 bits per heavy atom. The third-order valence-electron chi connectivity index (χ3n) is 3.15. The highest BCUT2D eigenvalue weighted by molar-refractivity contribution is 6.30. The second-order valence-corrected chi connectivity index (χ2v) is 4.92. The van der Waals surface area contributed by atoms with Crippen molar-refractivity contribution < 1.29 is 14.6 Å². The third-order valence-corrected chi connectivity index (χ3v) is 3.39. The van der Waals surface area contributed by atoms with Crippen molar-refractivity contribution in [2.24, 2.45) is 0 Å². The van der Waals surface area contributed by atoms with Crippen molar-refractivity contribution in [3.05, 3.63) is 52.5 Å². The molecule has 2 aromatic carbocycles. The Bertz CT molecular complexity index is 631. The van der Waals surface area contributed by atoms with Crippen LogP contribution in [-0.2, 0) is 0 Å². The second kappa shape index (κ2) is 6.70. The van der Waals surface area contributed by atoms with Crippen molar-refractivity contribution in [2.75, 3.05) is 19.5 Å². The van der Waals surface area contributed by atoms with Crippen LogP contribution >= 0.6 is 11.6 Å². The zero-order valence-corrected chi connectivity index (χ0v) is 12.7. The molecule has 3 N–H and O–H groups in total. The van der Waals surface area contributed by atoms with Crippen molar-refractivity contribution in [1.82, 2.24) is 0 Å². The fraction of sp³-hybridized carbons (Fsp3) is 0.250. The van der Waals surface area contributed by atoms with Gasteiger partial charge in [0.15, 0.2) is 11.5 Å². The minimum Gasteiger partial charge on any atom is -0.492 e. The summed E-state index contributed by atoms with van der Waals surface area (Å²) in [6.45, 7) is 2.40. The van der Waals surface area contributed by atoms with Gasteiger partial charge in [0, 0.05) is 21.8 Å². The number of para-hydroxylation sites is 1. The van der Waals surface area contributed by atoms with Crippen molar-refractivity contribution >= 4 is 17.3 Å². The molecule has 2 rings (SSSR count). The molecule has 0 aliphatic rings. The number of aliphatic hydroxyl groups is 1. The standard InChI is InChI=1S/C16H18ClNO3/c1-3-21-14-6-4-5-11(16(14)20-2)15(19)12-9-10(17)7-8-13(12)18/h4-9,15,19H,3,18H2,1-2H3. The van der Waals surface area contributed by atoms with E-state index >= 15 is 0 Å². The Kier molecular flexibility index (Phi) is 4.94. The lowest BCUT2D eigenvalue weighted by molar-refractivity contribution is 0.213. The molecule has 0 radical (unpaired) electrons. The summed E-state index contributed by atoms with van der Waals surface area (Å²) in [5.41, 5.74) is 7.51. The summed E-state index contributed by atoms with van der Waals surface area (Å²) in [6.07, 6.45) is -0.945. The van der Waals surface area contributed by atoms with Gasteiger partial charge in [0.05, 0.1) is 13.7 Å². The zero-order chi connectivity index (χ0) is 15.4. The molecule has 4 nitrogen and oxygen atoms in total. The predicted molar refractivity (Wildman–Crippen MR) is 84.1 cm³/mol. The van der Waals surface area contributed by atoms with Crippen molar-refractivity contribution in [2.45, 2.75) is 13.0 Å².